The summed E-state index contributed by atoms with van der Waals surface area (Å²) >= 11 is 0. The molecule has 1 saturated carbocycles. The molecule has 108 valence electrons. The average molecular weight is 267 g/mol. The van der Waals surface area contributed by atoms with Crippen molar-refractivity contribution in [2.75, 3.05) is 0 Å². The third kappa shape index (κ3) is 2.77. The van der Waals surface area contributed by atoms with Gasteiger partial charge in [0, 0.05) is 18.9 Å². The van der Waals surface area contributed by atoms with Crippen molar-refractivity contribution in [3.63, 3.8) is 0 Å². The number of carbonyl (C=O) groups is 2. The Hall–Kier alpha value is -1.06. The van der Waals surface area contributed by atoms with Gasteiger partial charge in [0.1, 0.15) is 11.4 Å². The van der Waals surface area contributed by atoms with Crippen molar-refractivity contribution in [1.82, 2.24) is 4.90 Å². The second-order valence-electron chi connectivity index (χ2n) is 7.31. The molecule has 3 unspecified atom stereocenters. The summed E-state index contributed by atoms with van der Waals surface area (Å²) in [7, 11) is 0. The maximum absolute atomic E-state index is 12.4. The van der Waals surface area contributed by atoms with Crippen LogP contribution in [-0.4, -0.2) is 34.0 Å². The normalized spacial score (nSPS) is 35.2. The van der Waals surface area contributed by atoms with Gasteiger partial charge >= 0.3 is 6.09 Å². The lowest BCUT2D eigenvalue weighted by Gasteiger charge is -2.38. The number of carbonyl (C=O) groups excluding carboxylic acids is 2. The number of ketones is 1. The molecule has 1 amide bonds. The fourth-order valence-corrected chi connectivity index (χ4v) is 3.59. The van der Waals surface area contributed by atoms with Gasteiger partial charge in [0.2, 0.25) is 0 Å². The highest BCUT2D eigenvalue weighted by Gasteiger charge is 2.52. The Morgan fingerprint density at radius 1 is 1.42 bits per heavy atom. The first-order valence-corrected chi connectivity index (χ1v) is 7.16. The van der Waals surface area contributed by atoms with Crippen LogP contribution in [0.2, 0.25) is 0 Å². The van der Waals surface area contributed by atoms with Crippen molar-refractivity contribution in [3.8, 4) is 0 Å². The lowest BCUT2D eigenvalue weighted by Crippen LogP contribution is -2.51. The van der Waals surface area contributed by atoms with Crippen LogP contribution in [0.4, 0.5) is 4.79 Å². The minimum atomic E-state index is -0.496. The molecule has 0 aromatic heterocycles. The van der Waals surface area contributed by atoms with Gasteiger partial charge in [0.15, 0.2) is 0 Å². The van der Waals surface area contributed by atoms with E-state index < -0.39 is 5.60 Å². The molecule has 2 fully saturated rings. The molecule has 0 N–H and O–H groups in total. The van der Waals surface area contributed by atoms with E-state index in [-0.39, 0.29) is 23.5 Å². The van der Waals surface area contributed by atoms with Gasteiger partial charge in [-0.3, -0.25) is 9.69 Å². The molecule has 1 saturated heterocycles. The molecular weight excluding hydrogens is 242 g/mol. The molecule has 2 bridgehead atoms. The van der Waals surface area contributed by atoms with Crippen LogP contribution < -0.4 is 0 Å². The molecule has 2 rings (SSSR count). The molecule has 4 heteroatoms. The topological polar surface area (TPSA) is 46.6 Å². The average Bonchev–Trinajstić information content (AvgIpc) is 2.34. The highest BCUT2D eigenvalue weighted by atomic mass is 16.6. The summed E-state index contributed by atoms with van der Waals surface area (Å²) in [5.74, 6) is 0.689. The maximum Gasteiger partial charge on any atom is 0.411 e. The first-order chi connectivity index (χ1) is 8.62. The third-order valence-electron chi connectivity index (χ3n) is 4.34. The van der Waals surface area contributed by atoms with E-state index in [9.17, 15) is 9.59 Å². The molecule has 2 aliphatic rings. The first-order valence-electron chi connectivity index (χ1n) is 7.16. The van der Waals surface area contributed by atoms with E-state index in [4.69, 9.17) is 4.74 Å². The van der Waals surface area contributed by atoms with Crippen LogP contribution in [0, 0.1) is 5.92 Å². The summed E-state index contributed by atoms with van der Waals surface area (Å²) < 4.78 is 5.52. The predicted octanol–water partition coefficient (Wildman–Crippen LogP) is 3.14. The van der Waals surface area contributed by atoms with Crippen LogP contribution >= 0.6 is 0 Å². The Morgan fingerprint density at radius 3 is 2.63 bits per heavy atom. The van der Waals surface area contributed by atoms with Gasteiger partial charge in [0.25, 0.3) is 0 Å². The number of likely N-dealkylation sites (tertiary alicyclic amines) is 1. The quantitative estimate of drug-likeness (QED) is 0.677. The molecule has 1 aliphatic heterocycles. The monoisotopic (exact) mass is 267 g/mol. The zero-order valence-corrected chi connectivity index (χ0v) is 12.7. The Bertz CT molecular complexity index is 399. The highest BCUT2D eigenvalue weighted by Crippen LogP contribution is 2.45. The Kier molecular flexibility index (Phi) is 3.40. The summed E-state index contributed by atoms with van der Waals surface area (Å²) in [6.07, 6.45) is 2.66. The number of nitrogens with zero attached hydrogens (tertiary/aromatic N) is 1. The van der Waals surface area contributed by atoms with E-state index in [1.165, 1.54) is 0 Å². The zero-order valence-electron chi connectivity index (χ0n) is 12.7. The van der Waals surface area contributed by atoms with E-state index >= 15 is 0 Å². The molecule has 3 atom stereocenters. The second-order valence-corrected chi connectivity index (χ2v) is 7.31. The molecule has 4 nitrogen and oxygen atoms in total. The maximum atomic E-state index is 12.4. The Labute approximate surface area is 115 Å². The van der Waals surface area contributed by atoms with Crippen molar-refractivity contribution in [3.05, 3.63) is 0 Å². The molecule has 0 aromatic rings. The second kappa shape index (κ2) is 4.50. The summed E-state index contributed by atoms with van der Waals surface area (Å²) in [6, 6.07) is 0.160. The van der Waals surface area contributed by atoms with E-state index in [0.29, 0.717) is 18.8 Å². The SMILES string of the molecule is CC1C2CCC(=O)CC(C)(C2)N1C(=O)OC(C)(C)C. The molecule has 0 spiro atoms. The first kappa shape index (κ1) is 14.4. The largest absolute Gasteiger partial charge is 0.444 e. The Balaban J connectivity index is 2.24. The lowest BCUT2D eigenvalue weighted by molar-refractivity contribution is -0.121. The van der Waals surface area contributed by atoms with Crippen molar-refractivity contribution in [2.45, 2.75) is 77.5 Å². The van der Waals surface area contributed by atoms with Crippen molar-refractivity contribution in [2.24, 2.45) is 5.92 Å². The fraction of sp³-hybridized carbons (Fsp3) is 0.867. The summed E-state index contributed by atoms with van der Waals surface area (Å²) in [5, 5.41) is 0. The smallest absolute Gasteiger partial charge is 0.411 e. The number of amides is 1. The number of hydrogen-bond donors (Lipinski definition) is 0. The molecule has 19 heavy (non-hydrogen) atoms. The van der Waals surface area contributed by atoms with E-state index in [0.717, 1.165) is 12.8 Å². The van der Waals surface area contributed by atoms with E-state index in [2.05, 4.69) is 6.92 Å². The van der Waals surface area contributed by atoms with Crippen LogP contribution in [0.1, 0.15) is 60.3 Å². The molecule has 1 aliphatic carbocycles. The van der Waals surface area contributed by atoms with Gasteiger partial charge in [-0.1, -0.05) is 0 Å². The van der Waals surface area contributed by atoms with Gasteiger partial charge in [-0.05, 0) is 53.4 Å². The third-order valence-corrected chi connectivity index (χ3v) is 4.34. The molecule has 0 radical (unpaired) electrons. The standard InChI is InChI=1S/C15H25NO3/c1-10-11-6-7-12(17)9-15(5,8-11)16(10)13(18)19-14(2,3)4/h10-11H,6-9H2,1-5H3. The number of fused-ring (bicyclic) bond motifs is 2. The van der Waals surface area contributed by atoms with Crippen molar-refractivity contribution in [1.29, 1.82) is 0 Å². The van der Waals surface area contributed by atoms with Crippen LogP contribution in [0.5, 0.6) is 0 Å². The number of rotatable bonds is 0. The van der Waals surface area contributed by atoms with Gasteiger partial charge < -0.3 is 4.74 Å². The minimum Gasteiger partial charge on any atom is -0.444 e. The number of Topliss-reactive ketones (excluding diaryl/α,β-unsaturated/α-hetero) is 1. The van der Waals surface area contributed by atoms with Gasteiger partial charge in [-0.25, -0.2) is 4.79 Å². The predicted molar refractivity (Wildman–Crippen MR) is 72.9 cm³/mol. The molecule has 1 heterocycles. The van der Waals surface area contributed by atoms with Crippen LogP contribution in [0.3, 0.4) is 0 Å². The van der Waals surface area contributed by atoms with E-state index in [1.807, 2.05) is 32.6 Å². The minimum absolute atomic E-state index is 0.160. The van der Waals surface area contributed by atoms with Crippen LogP contribution in [0.15, 0.2) is 0 Å². The summed E-state index contributed by atoms with van der Waals surface area (Å²) in [6.45, 7) is 9.72. The van der Waals surface area contributed by atoms with E-state index in [1.54, 1.807) is 0 Å². The number of ether oxygens (including phenoxy) is 1. The number of hydrogen-bond acceptors (Lipinski definition) is 3. The molecule has 0 aromatic carbocycles. The van der Waals surface area contributed by atoms with Crippen molar-refractivity contribution < 1.29 is 14.3 Å². The highest BCUT2D eigenvalue weighted by molar-refractivity contribution is 5.81. The van der Waals surface area contributed by atoms with Gasteiger partial charge in [0.05, 0.1) is 5.54 Å². The van der Waals surface area contributed by atoms with Gasteiger partial charge in [-0.15, -0.1) is 0 Å². The lowest BCUT2D eigenvalue weighted by atomic mass is 9.91. The van der Waals surface area contributed by atoms with Gasteiger partial charge in [-0.2, -0.15) is 0 Å². The van der Waals surface area contributed by atoms with Crippen LogP contribution in [0.25, 0.3) is 0 Å². The Morgan fingerprint density at radius 2 is 2.05 bits per heavy atom. The summed E-state index contributed by atoms with van der Waals surface area (Å²) in [4.78, 5) is 26.1. The van der Waals surface area contributed by atoms with Crippen LogP contribution in [-0.2, 0) is 9.53 Å². The molecular formula is C15H25NO3. The fourth-order valence-electron chi connectivity index (χ4n) is 3.59. The zero-order chi connectivity index (χ0) is 14.4. The van der Waals surface area contributed by atoms with Crippen molar-refractivity contribution >= 4 is 11.9 Å². The summed E-state index contributed by atoms with van der Waals surface area (Å²) in [5.41, 5.74) is -0.857.